The van der Waals surface area contributed by atoms with Gasteiger partial charge in [-0.25, -0.2) is 9.97 Å². The van der Waals surface area contributed by atoms with Crippen LogP contribution in [-0.4, -0.2) is 34.9 Å². The minimum Gasteiger partial charge on any atom is -0.420 e. The fourth-order valence-corrected chi connectivity index (χ4v) is 5.26. The standard InChI is InChI=1S/C31H21N7O2/c1-3-16-5-7-18-20-13-33-30(26(20)37-24(18)9-16)39-28-22-11-32-12-23(22)29(36-15-35-28)40-31-27-21(14-34-31)19-8-6-17(4-2)10-25(19)38-27/h3-15,33-34,37-38H,1-2H2. The predicted molar refractivity (Wildman–Crippen MR) is 157 cm³/mol. The summed E-state index contributed by atoms with van der Waals surface area (Å²) in [4.78, 5) is 26.6. The smallest absolute Gasteiger partial charge is 0.232 e. The zero-order valence-corrected chi connectivity index (χ0v) is 21.1. The van der Waals surface area contributed by atoms with Gasteiger partial charge in [-0.3, -0.25) is 4.98 Å². The molecule has 0 spiro atoms. The first-order valence-corrected chi connectivity index (χ1v) is 12.6. The number of nitrogens with zero attached hydrogens (tertiary/aromatic N) is 3. The molecule has 4 N–H and O–H groups in total. The summed E-state index contributed by atoms with van der Waals surface area (Å²) in [5.41, 5.74) is 7.08. The van der Waals surface area contributed by atoms with Gasteiger partial charge in [0.1, 0.15) is 17.4 Å². The van der Waals surface area contributed by atoms with Crippen molar-refractivity contribution in [2.75, 3.05) is 0 Å². The Kier molecular flexibility index (Phi) is 4.62. The lowest BCUT2D eigenvalue weighted by molar-refractivity contribution is 0.453. The molecule has 0 radical (unpaired) electrons. The first-order valence-electron chi connectivity index (χ1n) is 12.6. The Morgan fingerprint density at radius 3 is 1.62 bits per heavy atom. The van der Waals surface area contributed by atoms with E-state index in [1.165, 1.54) is 6.33 Å². The number of fused-ring (bicyclic) bond motifs is 7. The van der Waals surface area contributed by atoms with Gasteiger partial charge in [0.2, 0.25) is 23.5 Å². The molecule has 6 heterocycles. The Labute approximate surface area is 226 Å². The van der Waals surface area contributed by atoms with E-state index in [9.17, 15) is 0 Å². The normalized spacial score (nSPS) is 11.7. The molecule has 0 unspecified atom stereocenters. The van der Waals surface area contributed by atoms with Gasteiger partial charge < -0.3 is 29.4 Å². The molecular weight excluding hydrogens is 502 g/mol. The molecule has 2 aromatic carbocycles. The van der Waals surface area contributed by atoms with Crippen LogP contribution in [0.1, 0.15) is 11.1 Å². The molecule has 9 nitrogen and oxygen atoms in total. The molecule has 0 saturated carbocycles. The molecule has 0 aliphatic carbocycles. The van der Waals surface area contributed by atoms with Gasteiger partial charge >= 0.3 is 0 Å². The Balaban J connectivity index is 1.15. The highest BCUT2D eigenvalue weighted by molar-refractivity contribution is 6.10. The maximum Gasteiger partial charge on any atom is 0.232 e. The monoisotopic (exact) mass is 523 g/mol. The van der Waals surface area contributed by atoms with E-state index in [1.807, 2.05) is 36.7 Å². The average molecular weight is 524 g/mol. The molecule has 2 aliphatic rings. The van der Waals surface area contributed by atoms with Crippen LogP contribution in [0.15, 0.2) is 80.7 Å². The summed E-state index contributed by atoms with van der Waals surface area (Å²) >= 11 is 0. The zero-order chi connectivity index (χ0) is 26.8. The third-order valence-corrected chi connectivity index (χ3v) is 7.25. The molecule has 6 aromatic rings. The largest absolute Gasteiger partial charge is 0.420 e. The first kappa shape index (κ1) is 22.2. The van der Waals surface area contributed by atoms with E-state index in [1.54, 1.807) is 12.4 Å². The number of hydrogen-bond donors (Lipinski definition) is 4. The number of hydrogen-bond acceptors (Lipinski definition) is 5. The molecule has 0 fully saturated rings. The van der Waals surface area contributed by atoms with E-state index < -0.39 is 0 Å². The van der Waals surface area contributed by atoms with Gasteiger partial charge in [0.15, 0.2) is 0 Å². The first-order chi connectivity index (χ1) is 19.7. The molecule has 9 heteroatoms. The van der Waals surface area contributed by atoms with Crippen molar-refractivity contribution in [1.82, 2.24) is 34.9 Å². The lowest BCUT2D eigenvalue weighted by Gasteiger charge is -2.06. The van der Waals surface area contributed by atoms with E-state index >= 15 is 0 Å². The van der Waals surface area contributed by atoms with Gasteiger partial charge in [0.25, 0.3) is 0 Å². The second-order valence-electron chi connectivity index (χ2n) is 9.50. The van der Waals surface area contributed by atoms with Gasteiger partial charge in [0.05, 0.1) is 11.1 Å². The highest BCUT2D eigenvalue weighted by Gasteiger charge is 2.22. The topological polar surface area (TPSA) is 120 Å². The molecule has 40 heavy (non-hydrogen) atoms. The Morgan fingerprint density at radius 1 is 0.650 bits per heavy atom. The number of nitrogens with one attached hydrogen (secondary N) is 4. The number of H-pyrrole nitrogens is 4. The van der Waals surface area contributed by atoms with E-state index in [4.69, 9.17) is 9.47 Å². The molecule has 4 aromatic heterocycles. The second-order valence-corrected chi connectivity index (χ2v) is 9.50. The van der Waals surface area contributed by atoms with Crippen molar-refractivity contribution in [2.24, 2.45) is 0 Å². The molecule has 0 amide bonds. The lowest BCUT2D eigenvalue weighted by Crippen LogP contribution is -1.90. The van der Waals surface area contributed by atoms with Gasteiger partial charge in [-0.2, -0.15) is 0 Å². The number of aromatic amines is 4. The third-order valence-electron chi connectivity index (χ3n) is 7.25. The van der Waals surface area contributed by atoms with Crippen molar-refractivity contribution < 1.29 is 9.47 Å². The van der Waals surface area contributed by atoms with Crippen molar-refractivity contribution in [3.8, 4) is 34.6 Å². The maximum atomic E-state index is 6.30. The summed E-state index contributed by atoms with van der Waals surface area (Å²) in [6, 6.07) is 12.3. The van der Waals surface area contributed by atoms with Crippen molar-refractivity contribution in [2.45, 2.75) is 0 Å². The number of benzene rings is 2. The highest BCUT2D eigenvalue weighted by Crippen LogP contribution is 2.41. The van der Waals surface area contributed by atoms with E-state index in [-0.39, 0.29) is 0 Å². The van der Waals surface area contributed by atoms with E-state index in [2.05, 4.69) is 72.3 Å². The molecule has 2 aliphatic heterocycles. The Hall–Kier alpha value is -5.83. The molecule has 8 rings (SSSR count). The van der Waals surface area contributed by atoms with Crippen molar-refractivity contribution in [3.63, 3.8) is 0 Å². The van der Waals surface area contributed by atoms with Crippen molar-refractivity contribution >= 4 is 55.8 Å². The molecule has 192 valence electrons. The summed E-state index contributed by atoms with van der Waals surface area (Å²) in [6.07, 6.45) is 12.3. The van der Waals surface area contributed by atoms with Crippen LogP contribution in [0.5, 0.6) is 23.5 Å². The number of aromatic nitrogens is 7. The second kappa shape index (κ2) is 8.34. The molecular formula is C31H21N7O2. The van der Waals surface area contributed by atoms with Crippen LogP contribution in [0.25, 0.3) is 66.9 Å². The van der Waals surface area contributed by atoms with Crippen LogP contribution in [-0.2, 0) is 0 Å². The van der Waals surface area contributed by atoms with Gasteiger partial charge in [-0.15, -0.1) is 0 Å². The minimum absolute atomic E-state index is 0.350. The van der Waals surface area contributed by atoms with E-state index in [0.29, 0.717) is 34.6 Å². The Morgan fingerprint density at radius 2 is 1.15 bits per heavy atom. The van der Waals surface area contributed by atoms with Crippen LogP contribution < -0.4 is 9.47 Å². The fourth-order valence-electron chi connectivity index (χ4n) is 5.26. The lowest BCUT2D eigenvalue weighted by atomic mass is 10.1. The summed E-state index contributed by atoms with van der Waals surface area (Å²) < 4.78 is 12.6. The fraction of sp³-hybridized carbons (Fsp3) is 0. The number of rotatable bonds is 6. The third kappa shape index (κ3) is 3.24. The number of ether oxygens (including phenoxy) is 2. The summed E-state index contributed by atoms with van der Waals surface area (Å²) in [5, 5.41) is 4.22. The minimum atomic E-state index is 0.350. The zero-order valence-electron chi connectivity index (χ0n) is 21.1. The highest BCUT2D eigenvalue weighted by atomic mass is 16.5. The predicted octanol–water partition coefficient (Wildman–Crippen LogP) is 7.77. The van der Waals surface area contributed by atoms with Crippen LogP contribution >= 0.6 is 0 Å². The van der Waals surface area contributed by atoms with Crippen LogP contribution in [0.4, 0.5) is 0 Å². The van der Waals surface area contributed by atoms with Crippen molar-refractivity contribution in [3.05, 3.63) is 91.8 Å². The average Bonchev–Trinajstić information content (AvgIpc) is 3.78. The SMILES string of the molecule is C=Cc1ccc2c(c1)[nH]c1c(Oc3ncnc(Oc4[nH]cc5c4[nH]c4cc(C=C)ccc45)c4cncc3-4)[nH]cc12. The molecule has 0 bridgehead atoms. The van der Waals surface area contributed by atoms with Gasteiger partial charge in [-0.05, 0) is 23.3 Å². The Bertz CT molecular complexity index is 2080. The summed E-state index contributed by atoms with van der Waals surface area (Å²) in [6.45, 7) is 7.72. The van der Waals surface area contributed by atoms with Crippen LogP contribution in [0.2, 0.25) is 0 Å². The maximum absolute atomic E-state index is 6.30. The van der Waals surface area contributed by atoms with Crippen LogP contribution in [0.3, 0.4) is 0 Å². The summed E-state index contributed by atoms with van der Waals surface area (Å²) in [5.74, 6) is 1.78. The summed E-state index contributed by atoms with van der Waals surface area (Å²) in [7, 11) is 0. The van der Waals surface area contributed by atoms with Crippen LogP contribution in [0, 0.1) is 0 Å². The molecule has 0 saturated heterocycles. The van der Waals surface area contributed by atoms with E-state index in [0.717, 1.165) is 54.7 Å². The molecule has 0 atom stereocenters. The van der Waals surface area contributed by atoms with Gasteiger partial charge in [0, 0.05) is 57.4 Å². The quantitative estimate of drug-likeness (QED) is 0.177. The van der Waals surface area contributed by atoms with Crippen molar-refractivity contribution in [1.29, 1.82) is 0 Å². The van der Waals surface area contributed by atoms with Gasteiger partial charge in [-0.1, -0.05) is 49.6 Å².